The van der Waals surface area contributed by atoms with Crippen LogP contribution in [0.1, 0.15) is 96.5 Å². The molecule has 0 heterocycles. The maximum Gasteiger partial charge on any atom is 0.229 e. The van der Waals surface area contributed by atoms with Gasteiger partial charge < -0.3 is 4.57 Å². The zero-order chi connectivity index (χ0) is 25.1. The van der Waals surface area contributed by atoms with E-state index in [9.17, 15) is 14.2 Å². The number of rotatable bonds is 9. The van der Waals surface area contributed by atoms with E-state index in [1.807, 2.05) is 71.9 Å². The molecule has 0 amide bonds. The average molecular weight is 469 g/mol. The topological polar surface area (TPSA) is 51.2 Å². The van der Waals surface area contributed by atoms with Crippen LogP contribution in [0.2, 0.25) is 0 Å². The van der Waals surface area contributed by atoms with Crippen LogP contribution < -0.4 is 0 Å². The smallest absolute Gasteiger partial charge is 0.229 e. The fraction of sp³-hybridized carbons (Fsp3) is 0.517. The summed E-state index contributed by atoms with van der Waals surface area (Å²) in [6, 6.07) is 9.65. The van der Waals surface area contributed by atoms with E-state index in [2.05, 4.69) is 20.8 Å². The van der Waals surface area contributed by atoms with Crippen LogP contribution in [0.15, 0.2) is 30.3 Å². The minimum Gasteiger partial charge on any atom is -0.307 e. The lowest BCUT2D eigenvalue weighted by Crippen LogP contribution is -2.22. The normalized spacial score (nSPS) is 14.6. The molecule has 0 aliphatic rings. The first-order valence-corrected chi connectivity index (χ1v) is 14.0. The van der Waals surface area contributed by atoms with Crippen molar-refractivity contribution in [3.63, 3.8) is 0 Å². The number of aryl methyl sites for hydroxylation is 5. The second-order valence-electron chi connectivity index (χ2n) is 10.8. The van der Waals surface area contributed by atoms with E-state index in [4.69, 9.17) is 0 Å². The fourth-order valence-corrected chi connectivity index (χ4v) is 8.09. The van der Waals surface area contributed by atoms with Crippen LogP contribution in [-0.2, 0) is 17.4 Å². The number of carbonyl (C=O) groups excluding carboxylic acids is 2. The van der Waals surface area contributed by atoms with Gasteiger partial charge in [-0.05, 0) is 73.6 Å². The molecule has 0 N–H and O–H groups in total. The van der Waals surface area contributed by atoms with Gasteiger partial charge in [0.05, 0.1) is 0 Å². The predicted octanol–water partition coefficient (Wildman–Crippen LogP) is 8.15. The van der Waals surface area contributed by atoms with Crippen LogP contribution in [0, 0.1) is 32.1 Å². The van der Waals surface area contributed by atoms with Crippen LogP contribution in [0.25, 0.3) is 0 Å². The van der Waals surface area contributed by atoms with Crippen molar-refractivity contribution in [3.05, 3.63) is 69.3 Å². The monoisotopic (exact) mass is 468 g/mol. The molecule has 2 rings (SSSR count). The second kappa shape index (κ2) is 10.5. The molecule has 0 spiro atoms. The maximum atomic E-state index is 14.7. The molecule has 2 aromatic carbocycles. The molecule has 33 heavy (non-hydrogen) atoms. The molecule has 2 aromatic rings. The molecular weight excluding hydrogens is 427 g/mol. The minimum absolute atomic E-state index is 0.0158. The Morgan fingerprint density at radius 1 is 0.879 bits per heavy atom. The van der Waals surface area contributed by atoms with Gasteiger partial charge in [-0.1, -0.05) is 77.4 Å². The quantitative estimate of drug-likeness (QED) is 0.349. The van der Waals surface area contributed by atoms with Crippen molar-refractivity contribution < 1.29 is 14.2 Å². The molecule has 0 aromatic heterocycles. The lowest BCUT2D eigenvalue weighted by atomic mass is 9.86. The summed E-state index contributed by atoms with van der Waals surface area (Å²) in [4.78, 5) is 28.2. The Bertz CT molecular complexity index is 1040. The Kier molecular flexibility index (Phi) is 8.68. The molecule has 4 heteroatoms. The van der Waals surface area contributed by atoms with Crippen LogP contribution in [0.4, 0.5) is 0 Å². The molecule has 0 aliphatic heterocycles. The maximum absolute atomic E-state index is 14.7. The molecule has 2 unspecified atom stereocenters. The van der Waals surface area contributed by atoms with Gasteiger partial charge in [-0.2, -0.15) is 0 Å². The highest BCUT2D eigenvalue weighted by atomic mass is 31.2. The molecule has 0 radical (unpaired) electrons. The van der Waals surface area contributed by atoms with E-state index in [0.717, 1.165) is 34.2 Å². The summed E-state index contributed by atoms with van der Waals surface area (Å²) in [6.45, 7) is 18.1. The van der Waals surface area contributed by atoms with Crippen molar-refractivity contribution in [3.8, 4) is 0 Å². The van der Waals surface area contributed by atoms with Crippen molar-refractivity contribution in [1.29, 1.82) is 0 Å². The Balaban J connectivity index is 2.73. The summed E-state index contributed by atoms with van der Waals surface area (Å²) in [6.07, 6.45) is 2.21. The lowest BCUT2D eigenvalue weighted by molar-refractivity contribution is 0.103. The lowest BCUT2D eigenvalue weighted by Gasteiger charge is -2.27. The van der Waals surface area contributed by atoms with E-state index >= 15 is 0 Å². The minimum atomic E-state index is -3.91. The molecule has 2 atom stereocenters. The van der Waals surface area contributed by atoms with Crippen molar-refractivity contribution in [2.45, 2.75) is 81.6 Å². The molecule has 0 saturated heterocycles. The Labute approximate surface area is 200 Å². The van der Waals surface area contributed by atoms with Gasteiger partial charge in [0, 0.05) is 17.3 Å². The molecular formula is C29H41O3P. The zero-order valence-electron chi connectivity index (χ0n) is 22.0. The molecule has 180 valence electrons. The molecule has 0 saturated carbocycles. The van der Waals surface area contributed by atoms with Crippen molar-refractivity contribution in [2.24, 2.45) is 11.3 Å². The molecule has 0 fully saturated rings. The van der Waals surface area contributed by atoms with Gasteiger partial charge in [0.25, 0.3) is 0 Å². The van der Waals surface area contributed by atoms with E-state index < -0.39 is 18.2 Å². The van der Waals surface area contributed by atoms with E-state index in [0.29, 0.717) is 24.0 Å². The van der Waals surface area contributed by atoms with E-state index in [-0.39, 0.29) is 17.5 Å². The highest BCUT2D eigenvalue weighted by molar-refractivity contribution is 7.95. The number of carbonyl (C=O) groups is 2. The third kappa shape index (κ3) is 6.12. The van der Waals surface area contributed by atoms with Crippen LogP contribution >= 0.6 is 7.14 Å². The van der Waals surface area contributed by atoms with Gasteiger partial charge in [-0.15, -0.1) is 0 Å². The van der Waals surface area contributed by atoms with Crippen LogP contribution in [-0.4, -0.2) is 17.2 Å². The Morgan fingerprint density at radius 3 is 1.76 bits per heavy atom. The van der Waals surface area contributed by atoms with Crippen LogP contribution in [0.5, 0.6) is 0 Å². The third-order valence-electron chi connectivity index (χ3n) is 6.29. The van der Waals surface area contributed by atoms with Crippen molar-refractivity contribution in [1.82, 2.24) is 0 Å². The van der Waals surface area contributed by atoms with E-state index in [1.165, 1.54) is 0 Å². The van der Waals surface area contributed by atoms with Crippen molar-refractivity contribution in [2.75, 3.05) is 6.16 Å². The highest BCUT2D eigenvalue weighted by Crippen LogP contribution is 2.55. The van der Waals surface area contributed by atoms with Gasteiger partial charge in [0.1, 0.15) is 0 Å². The third-order valence-corrected chi connectivity index (χ3v) is 9.19. The van der Waals surface area contributed by atoms with Gasteiger partial charge in [-0.3, -0.25) is 9.59 Å². The van der Waals surface area contributed by atoms with Crippen molar-refractivity contribution >= 4 is 18.2 Å². The SMILES string of the molecule is CCc1cccc(CC)c1C(=O)P(=O)(CC(C)CC(C)(C)C)C(=O)c1c(C)cc(C)cc1C. The average Bonchev–Trinajstić information content (AvgIpc) is 2.69. The second-order valence-corrected chi connectivity index (χ2v) is 13.5. The van der Waals surface area contributed by atoms with E-state index in [1.54, 1.807) is 0 Å². The summed E-state index contributed by atoms with van der Waals surface area (Å²) in [5, 5.41) is 0. The number of benzene rings is 2. The highest BCUT2D eigenvalue weighted by Gasteiger charge is 2.44. The first-order valence-electron chi connectivity index (χ1n) is 12.1. The largest absolute Gasteiger partial charge is 0.307 e. The molecule has 3 nitrogen and oxygen atoms in total. The zero-order valence-corrected chi connectivity index (χ0v) is 22.9. The first-order chi connectivity index (χ1) is 15.2. The van der Waals surface area contributed by atoms with Gasteiger partial charge in [0.2, 0.25) is 18.2 Å². The molecule has 0 bridgehead atoms. The van der Waals surface area contributed by atoms with Crippen LogP contribution in [0.3, 0.4) is 0 Å². The van der Waals surface area contributed by atoms with Gasteiger partial charge in [-0.25, -0.2) is 0 Å². The summed E-state index contributed by atoms with van der Waals surface area (Å²) in [7, 11) is -3.91. The van der Waals surface area contributed by atoms with Gasteiger partial charge >= 0.3 is 0 Å². The molecule has 0 aliphatic carbocycles. The Morgan fingerprint density at radius 2 is 1.33 bits per heavy atom. The summed E-state index contributed by atoms with van der Waals surface area (Å²) >= 11 is 0. The van der Waals surface area contributed by atoms with Gasteiger partial charge in [0.15, 0.2) is 0 Å². The standard InChI is InChI=1S/C29H41O3P/c1-10-23-13-12-14-24(11-2)26(23)28(31)33(32,18-20(4)17-29(7,8)9)27(30)25-21(5)15-19(3)16-22(25)6/h12-16,20H,10-11,17-18H2,1-9H3. The fourth-order valence-electron chi connectivity index (χ4n) is 5.20. The number of hydrogen-bond acceptors (Lipinski definition) is 3. The summed E-state index contributed by atoms with van der Waals surface area (Å²) in [5.74, 6) is -0.0198. The summed E-state index contributed by atoms with van der Waals surface area (Å²) in [5.41, 5.74) is 4.40. The predicted molar refractivity (Wildman–Crippen MR) is 140 cm³/mol. The Hall–Kier alpha value is -1.99. The number of hydrogen-bond donors (Lipinski definition) is 0. The first kappa shape index (κ1) is 27.3. The summed E-state index contributed by atoms with van der Waals surface area (Å²) < 4.78 is 14.7.